The Morgan fingerprint density at radius 1 is 1.00 bits per heavy atom. The molecule has 0 aliphatic rings. The van der Waals surface area contributed by atoms with Crippen LogP contribution in [-0.4, -0.2) is 30.8 Å². The van der Waals surface area contributed by atoms with Crippen molar-refractivity contribution in [3.8, 4) is 16.2 Å². The number of benzene rings is 2. The van der Waals surface area contributed by atoms with Crippen molar-refractivity contribution < 1.29 is 9.47 Å². The van der Waals surface area contributed by atoms with Crippen LogP contribution in [0.1, 0.15) is 11.6 Å². The van der Waals surface area contributed by atoms with Crippen molar-refractivity contribution in [3.63, 3.8) is 0 Å². The van der Waals surface area contributed by atoms with Crippen LogP contribution in [0.4, 0.5) is 5.82 Å². The van der Waals surface area contributed by atoms with Crippen molar-refractivity contribution in [2.75, 3.05) is 26.1 Å². The fourth-order valence-corrected chi connectivity index (χ4v) is 4.22. The monoisotopic (exact) mass is 391 g/mol. The number of hydrogen-bond acceptors (Lipinski definition) is 6. The molecule has 28 heavy (non-hydrogen) atoms. The summed E-state index contributed by atoms with van der Waals surface area (Å²) in [4.78, 5) is 11.0. The molecular weight excluding hydrogens is 370 g/mol. The summed E-state index contributed by atoms with van der Waals surface area (Å²) in [5.74, 6) is 1.64. The molecule has 0 saturated carbocycles. The molecule has 0 aliphatic heterocycles. The van der Waals surface area contributed by atoms with E-state index in [0.717, 1.165) is 37.8 Å². The Bertz CT molecular complexity index is 1070. The Labute approximate surface area is 168 Å². The van der Waals surface area contributed by atoms with Crippen molar-refractivity contribution in [2.45, 2.75) is 6.04 Å². The second-order valence-electron chi connectivity index (χ2n) is 6.31. The molecule has 5 nitrogen and oxygen atoms in total. The highest BCUT2D eigenvalue weighted by Crippen LogP contribution is 2.39. The second kappa shape index (κ2) is 8.37. The van der Waals surface area contributed by atoms with Gasteiger partial charge in [-0.05, 0) is 23.8 Å². The molecular formula is C22H21N3O2S. The lowest BCUT2D eigenvalue weighted by atomic mass is 10.1. The summed E-state index contributed by atoms with van der Waals surface area (Å²) >= 11 is 1.63. The van der Waals surface area contributed by atoms with Crippen molar-refractivity contribution in [1.82, 2.24) is 9.97 Å². The highest BCUT2D eigenvalue weighted by molar-refractivity contribution is 7.22. The summed E-state index contributed by atoms with van der Waals surface area (Å²) in [7, 11) is 3.39. The Morgan fingerprint density at radius 3 is 2.57 bits per heavy atom. The Morgan fingerprint density at radius 2 is 1.79 bits per heavy atom. The Kier molecular flexibility index (Phi) is 5.50. The van der Waals surface area contributed by atoms with Gasteiger partial charge in [0.05, 0.1) is 25.1 Å². The van der Waals surface area contributed by atoms with E-state index in [1.165, 1.54) is 0 Å². The van der Waals surface area contributed by atoms with E-state index in [0.29, 0.717) is 6.61 Å². The average Bonchev–Trinajstić information content (AvgIpc) is 3.19. The highest BCUT2D eigenvalue weighted by atomic mass is 32.1. The van der Waals surface area contributed by atoms with Gasteiger partial charge in [-0.15, -0.1) is 11.3 Å². The maximum atomic E-state index is 5.52. The van der Waals surface area contributed by atoms with Crippen molar-refractivity contribution in [1.29, 1.82) is 0 Å². The first-order valence-electron chi connectivity index (χ1n) is 8.98. The molecule has 4 aromatic rings. The fourth-order valence-electron chi connectivity index (χ4n) is 3.19. The maximum absolute atomic E-state index is 5.52. The zero-order valence-electron chi connectivity index (χ0n) is 15.8. The molecule has 0 fully saturated rings. The van der Waals surface area contributed by atoms with Gasteiger partial charge in [0.15, 0.2) is 0 Å². The molecule has 0 saturated heterocycles. The first-order valence-corrected chi connectivity index (χ1v) is 9.80. The maximum Gasteiger partial charge on any atom is 0.138 e. The molecule has 142 valence electrons. The van der Waals surface area contributed by atoms with Gasteiger partial charge in [-0.3, -0.25) is 0 Å². The van der Waals surface area contributed by atoms with Gasteiger partial charge in [-0.25, -0.2) is 9.97 Å². The second-order valence-corrected chi connectivity index (χ2v) is 7.35. The fraction of sp³-hybridized carbons (Fsp3) is 0.182. The molecule has 0 radical (unpaired) electrons. The third-order valence-corrected chi connectivity index (χ3v) is 5.62. The summed E-state index contributed by atoms with van der Waals surface area (Å²) in [5.41, 5.74) is 2.20. The third-order valence-electron chi connectivity index (χ3n) is 4.55. The summed E-state index contributed by atoms with van der Waals surface area (Å²) < 4.78 is 10.9. The number of methoxy groups -OCH3 is 2. The topological polar surface area (TPSA) is 56.3 Å². The van der Waals surface area contributed by atoms with Crippen LogP contribution < -0.4 is 10.1 Å². The lowest BCUT2D eigenvalue weighted by Gasteiger charge is -2.19. The minimum absolute atomic E-state index is 0.00101. The van der Waals surface area contributed by atoms with Crippen LogP contribution in [0, 0.1) is 0 Å². The minimum Gasteiger partial charge on any atom is -0.496 e. The number of para-hydroxylation sites is 1. The zero-order chi connectivity index (χ0) is 19.3. The number of nitrogens with zero attached hydrogens (tertiary/aromatic N) is 2. The van der Waals surface area contributed by atoms with Gasteiger partial charge in [0.2, 0.25) is 0 Å². The van der Waals surface area contributed by atoms with Gasteiger partial charge < -0.3 is 14.8 Å². The van der Waals surface area contributed by atoms with Gasteiger partial charge in [0, 0.05) is 17.6 Å². The van der Waals surface area contributed by atoms with Crippen LogP contribution in [0.3, 0.4) is 0 Å². The van der Waals surface area contributed by atoms with E-state index in [9.17, 15) is 0 Å². The SMILES string of the molecule is COC[C@@H](Nc1ncnc2sc(-c3ccccc3OC)cc12)c1ccccc1. The number of nitrogens with one attached hydrogen (secondary N) is 1. The van der Waals surface area contributed by atoms with Crippen molar-refractivity contribution >= 4 is 27.4 Å². The molecule has 0 unspecified atom stereocenters. The molecule has 2 aromatic heterocycles. The smallest absolute Gasteiger partial charge is 0.138 e. The first-order chi connectivity index (χ1) is 13.8. The Balaban J connectivity index is 1.73. The number of hydrogen-bond donors (Lipinski definition) is 1. The van der Waals surface area contributed by atoms with Crippen LogP contribution in [0.2, 0.25) is 0 Å². The molecule has 2 heterocycles. The van der Waals surface area contributed by atoms with Gasteiger partial charge in [0.25, 0.3) is 0 Å². The van der Waals surface area contributed by atoms with Crippen LogP contribution in [0.15, 0.2) is 67.0 Å². The summed E-state index contributed by atoms with van der Waals surface area (Å²) in [6.45, 7) is 0.541. The minimum atomic E-state index is -0.00101. The molecule has 1 atom stereocenters. The number of ether oxygens (including phenoxy) is 2. The predicted octanol–water partition coefficient (Wildman–Crippen LogP) is 5.17. The Hall–Kier alpha value is -2.96. The molecule has 0 amide bonds. The standard InChI is InChI=1S/C22H21N3O2S/c1-26-13-18(15-8-4-3-5-9-15)25-21-17-12-20(28-22(17)24-14-23-21)16-10-6-7-11-19(16)27-2/h3-12,14,18H,13H2,1-2H3,(H,23,24,25)/t18-/m1/s1. The number of thiophene rings is 1. The van der Waals surface area contributed by atoms with E-state index in [-0.39, 0.29) is 6.04 Å². The molecule has 4 rings (SSSR count). The molecule has 0 bridgehead atoms. The van der Waals surface area contributed by atoms with E-state index in [1.807, 2.05) is 36.4 Å². The van der Waals surface area contributed by atoms with E-state index in [1.54, 1.807) is 31.9 Å². The quantitative estimate of drug-likeness (QED) is 0.471. The van der Waals surface area contributed by atoms with Gasteiger partial charge in [0.1, 0.15) is 22.7 Å². The predicted molar refractivity (Wildman–Crippen MR) is 114 cm³/mol. The van der Waals surface area contributed by atoms with Crippen LogP contribution in [0.25, 0.3) is 20.7 Å². The molecule has 1 N–H and O–H groups in total. The van der Waals surface area contributed by atoms with E-state index in [4.69, 9.17) is 9.47 Å². The van der Waals surface area contributed by atoms with Crippen molar-refractivity contribution in [3.05, 3.63) is 72.6 Å². The van der Waals surface area contributed by atoms with Crippen LogP contribution >= 0.6 is 11.3 Å². The van der Waals surface area contributed by atoms with Crippen LogP contribution in [-0.2, 0) is 4.74 Å². The van der Waals surface area contributed by atoms with E-state index >= 15 is 0 Å². The molecule has 0 aliphatic carbocycles. The molecule has 2 aromatic carbocycles. The lowest BCUT2D eigenvalue weighted by Crippen LogP contribution is -2.17. The van der Waals surface area contributed by atoms with Gasteiger partial charge in [-0.2, -0.15) is 0 Å². The molecule has 0 spiro atoms. The average molecular weight is 391 g/mol. The molecule has 6 heteroatoms. The zero-order valence-corrected chi connectivity index (χ0v) is 16.6. The summed E-state index contributed by atoms with van der Waals surface area (Å²) in [5, 5.41) is 4.52. The number of rotatable bonds is 7. The highest BCUT2D eigenvalue weighted by Gasteiger charge is 2.16. The largest absolute Gasteiger partial charge is 0.496 e. The number of fused-ring (bicyclic) bond motifs is 1. The normalized spacial score (nSPS) is 12.1. The van der Waals surface area contributed by atoms with Gasteiger partial charge >= 0.3 is 0 Å². The lowest BCUT2D eigenvalue weighted by molar-refractivity contribution is 0.186. The summed E-state index contributed by atoms with van der Waals surface area (Å²) in [6.07, 6.45) is 1.60. The number of aromatic nitrogens is 2. The van der Waals surface area contributed by atoms with Gasteiger partial charge in [-0.1, -0.05) is 42.5 Å². The van der Waals surface area contributed by atoms with E-state index in [2.05, 4.69) is 39.6 Å². The summed E-state index contributed by atoms with van der Waals surface area (Å²) in [6, 6.07) is 20.4. The first kappa shape index (κ1) is 18.4. The van der Waals surface area contributed by atoms with Crippen molar-refractivity contribution in [2.24, 2.45) is 0 Å². The number of anilines is 1. The third kappa shape index (κ3) is 3.69. The van der Waals surface area contributed by atoms with E-state index < -0.39 is 0 Å². The van der Waals surface area contributed by atoms with Crippen LogP contribution in [0.5, 0.6) is 5.75 Å².